The lowest BCUT2D eigenvalue weighted by molar-refractivity contribution is 0.0600. The number of hydrogen-bond acceptors (Lipinski definition) is 4. The van der Waals surface area contributed by atoms with Crippen LogP contribution >= 0.6 is 15.9 Å². The van der Waals surface area contributed by atoms with Crippen molar-refractivity contribution < 1.29 is 26.7 Å². The average Bonchev–Trinajstić information content (AvgIpc) is 2.49. The summed E-state index contributed by atoms with van der Waals surface area (Å²) in [4.78, 5) is 10.6. The zero-order valence-corrected chi connectivity index (χ0v) is 14.0. The predicted molar refractivity (Wildman–Crippen MR) is 82.6 cm³/mol. The number of hydrogen-bond donors (Lipinski definition) is 1. The fourth-order valence-electron chi connectivity index (χ4n) is 1.73. The topological polar surface area (TPSA) is 72.5 Å². The van der Waals surface area contributed by atoms with E-state index in [0.29, 0.717) is 4.47 Å². The maximum Gasteiger partial charge on any atom is 0.337 e. The molecule has 0 aliphatic rings. The maximum atomic E-state index is 13.8. The van der Waals surface area contributed by atoms with E-state index >= 15 is 0 Å². The van der Waals surface area contributed by atoms with E-state index in [1.54, 1.807) is 0 Å². The van der Waals surface area contributed by atoms with Crippen molar-refractivity contribution in [3.8, 4) is 0 Å². The summed E-state index contributed by atoms with van der Waals surface area (Å²) in [6, 6.07) is 6.37. The van der Waals surface area contributed by atoms with E-state index < -0.39 is 32.5 Å². The van der Waals surface area contributed by atoms with Crippen molar-refractivity contribution in [2.45, 2.75) is 4.90 Å². The highest BCUT2D eigenvalue weighted by Gasteiger charge is 2.22. The molecular weight excluding hydrogens is 396 g/mol. The molecule has 0 saturated heterocycles. The van der Waals surface area contributed by atoms with Crippen LogP contribution in [0.1, 0.15) is 10.4 Å². The lowest BCUT2D eigenvalue weighted by Gasteiger charge is -2.11. The van der Waals surface area contributed by atoms with E-state index in [2.05, 4.69) is 20.7 Å². The highest BCUT2D eigenvalue weighted by molar-refractivity contribution is 9.10. The number of ether oxygens (including phenoxy) is 1. The molecule has 0 atom stereocenters. The molecule has 23 heavy (non-hydrogen) atoms. The van der Waals surface area contributed by atoms with Crippen LogP contribution in [0.2, 0.25) is 0 Å². The third kappa shape index (κ3) is 3.85. The zero-order chi connectivity index (χ0) is 17.2. The molecule has 0 radical (unpaired) electrons. The molecule has 0 unspecified atom stereocenters. The molecule has 0 aliphatic carbocycles. The molecule has 9 heteroatoms. The van der Waals surface area contributed by atoms with Crippen LogP contribution < -0.4 is 4.72 Å². The summed E-state index contributed by atoms with van der Waals surface area (Å²) in [6.45, 7) is 0. The number of benzene rings is 2. The smallest absolute Gasteiger partial charge is 0.337 e. The Balaban J connectivity index is 2.45. The molecule has 0 fully saturated rings. The van der Waals surface area contributed by atoms with Crippen molar-refractivity contribution >= 4 is 37.6 Å². The second-order valence-corrected chi connectivity index (χ2v) is 6.93. The second-order valence-electron chi connectivity index (χ2n) is 4.37. The molecule has 0 saturated carbocycles. The minimum atomic E-state index is -4.43. The van der Waals surface area contributed by atoms with Crippen LogP contribution in [0.5, 0.6) is 0 Å². The van der Waals surface area contributed by atoms with E-state index in [1.807, 2.05) is 4.72 Å². The molecule has 1 N–H and O–H groups in total. The van der Waals surface area contributed by atoms with Crippen LogP contribution in [0.4, 0.5) is 14.5 Å². The molecule has 0 aromatic heterocycles. The van der Waals surface area contributed by atoms with Crippen LogP contribution in [0.25, 0.3) is 0 Å². The van der Waals surface area contributed by atoms with Crippen molar-refractivity contribution in [2.75, 3.05) is 11.8 Å². The number of nitrogens with one attached hydrogen (secondary N) is 1. The van der Waals surface area contributed by atoms with E-state index in [-0.39, 0.29) is 11.3 Å². The summed E-state index contributed by atoms with van der Waals surface area (Å²) < 4.78 is 58.8. The molecule has 0 bridgehead atoms. The number of esters is 1. The monoisotopic (exact) mass is 405 g/mol. The van der Waals surface area contributed by atoms with Crippen molar-refractivity contribution in [3.05, 3.63) is 58.1 Å². The first-order valence-electron chi connectivity index (χ1n) is 6.10. The number of rotatable bonds is 4. The number of anilines is 1. The molecule has 122 valence electrons. The molecule has 0 amide bonds. The summed E-state index contributed by atoms with van der Waals surface area (Å²) >= 11 is 3.04. The van der Waals surface area contributed by atoms with Crippen LogP contribution in [0, 0.1) is 11.6 Å². The summed E-state index contributed by atoms with van der Waals surface area (Å²) in [6.07, 6.45) is 0. The lowest BCUT2D eigenvalue weighted by Crippen LogP contribution is -2.16. The normalized spacial score (nSPS) is 11.1. The summed E-state index contributed by atoms with van der Waals surface area (Å²) in [5.41, 5.74) is -0.498. The van der Waals surface area contributed by atoms with Gasteiger partial charge in [0.2, 0.25) is 0 Å². The minimum absolute atomic E-state index is 0.148. The Morgan fingerprint density at radius 2 is 1.83 bits per heavy atom. The van der Waals surface area contributed by atoms with Gasteiger partial charge in [-0.2, -0.15) is 0 Å². The van der Waals surface area contributed by atoms with Crippen LogP contribution in [-0.2, 0) is 14.8 Å². The van der Waals surface area contributed by atoms with E-state index in [0.717, 1.165) is 31.4 Å². The first-order valence-corrected chi connectivity index (χ1v) is 8.38. The molecule has 2 rings (SSSR count). The first-order chi connectivity index (χ1) is 10.7. The van der Waals surface area contributed by atoms with Gasteiger partial charge in [-0.25, -0.2) is 22.0 Å². The number of carbonyl (C=O) groups excluding carboxylic acids is 1. The van der Waals surface area contributed by atoms with Crippen molar-refractivity contribution in [2.24, 2.45) is 0 Å². The zero-order valence-electron chi connectivity index (χ0n) is 11.6. The Morgan fingerprint density at radius 1 is 1.13 bits per heavy atom. The molecule has 5 nitrogen and oxygen atoms in total. The maximum absolute atomic E-state index is 13.8. The standard InChI is InChI=1S/C14H10BrF2NO4S/c1-22-14(19)8-2-4-10(16)13(6-8)23(20,21)18-12-5-3-9(15)7-11(12)17/h2-7,18H,1H3. The summed E-state index contributed by atoms with van der Waals surface area (Å²) in [5, 5.41) is 0. The minimum Gasteiger partial charge on any atom is -0.465 e. The largest absolute Gasteiger partial charge is 0.465 e. The highest BCUT2D eigenvalue weighted by atomic mass is 79.9. The van der Waals surface area contributed by atoms with Crippen molar-refractivity contribution in [1.82, 2.24) is 0 Å². The Bertz CT molecular complexity index is 871. The average molecular weight is 406 g/mol. The molecule has 0 spiro atoms. The SMILES string of the molecule is COC(=O)c1ccc(F)c(S(=O)(=O)Nc2ccc(Br)cc2F)c1. The lowest BCUT2D eigenvalue weighted by atomic mass is 10.2. The summed E-state index contributed by atoms with van der Waals surface area (Å²) in [7, 11) is -3.33. The van der Waals surface area contributed by atoms with Gasteiger partial charge in [-0.3, -0.25) is 4.72 Å². The molecule has 2 aromatic carbocycles. The van der Waals surface area contributed by atoms with Gasteiger partial charge in [0.25, 0.3) is 10.0 Å². The fourth-order valence-corrected chi connectivity index (χ4v) is 3.23. The van der Waals surface area contributed by atoms with Gasteiger partial charge in [0.1, 0.15) is 16.5 Å². The van der Waals surface area contributed by atoms with Gasteiger partial charge >= 0.3 is 5.97 Å². The van der Waals surface area contributed by atoms with E-state index in [1.165, 1.54) is 12.1 Å². The van der Waals surface area contributed by atoms with Gasteiger partial charge < -0.3 is 4.74 Å². The molecular formula is C14H10BrF2NO4S. The van der Waals surface area contributed by atoms with Crippen molar-refractivity contribution in [1.29, 1.82) is 0 Å². The highest BCUT2D eigenvalue weighted by Crippen LogP contribution is 2.24. The van der Waals surface area contributed by atoms with Gasteiger partial charge in [0, 0.05) is 4.47 Å². The third-order valence-corrected chi connectivity index (χ3v) is 4.69. The second kappa shape index (κ2) is 6.63. The number of methoxy groups -OCH3 is 1. The van der Waals surface area contributed by atoms with Crippen LogP contribution in [-0.4, -0.2) is 21.5 Å². The Kier molecular flexibility index (Phi) is 5.00. The van der Waals surface area contributed by atoms with Crippen LogP contribution in [0.15, 0.2) is 45.8 Å². The van der Waals surface area contributed by atoms with Gasteiger partial charge in [-0.1, -0.05) is 15.9 Å². The number of halogens is 3. The number of carbonyl (C=O) groups is 1. The van der Waals surface area contributed by atoms with Gasteiger partial charge in [-0.05, 0) is 36.4 Å². The fraction of sp³-hybridized carbons (Fsp3) is 0.0714. The van der Waals surface area contributed by atoms with E-state index in [9.17, 15) is 22.0 Å². The van der Waals surface area contributed by atoms with Crippen molar-refractivity contribution in [3.63, 3.8) is 0 Å². The Morgan fingerprint density at radius 3 is 2.43 bits per heavy atom. The Hall–Kier alpha value is -2.00. The Labute approximate surface area is 139 Å². The molecule has 2 aromatic rings. The number of sulfonamides is 1. The van der Waals surface area contributed by atoms with Gasteiger partial charge in [-0.15, -0.1) is 0 Å². The predicted octanol–water partition coefficient (Wildman–Crippen LogP) is 3.31. The van der Waals surface area contributed by atoms with Crippen LogP contribution in [0.3, 0.4) is 0 Å². The summed E-state index contributed by atoms with van der Waals surface area (Å²) in [5.74, 6) is -2.74. The molecule has 0 heterocycles. The van der Waals surface area contributed by atoms with E-state index in [4.69, 9.17) is 0 Å². The first kappa shape index (κ1) is 17.4. The quantitative estimate of drug-likeness (QED) is 0.791. The third-order valence-electron chi connectivity index (χ3n) is 2.82. The van der Waals surface area contributed by atoms with Gasteiger partial charge in [0.15, 0.2) is 0 Å². The van der Waals surface area contributed by atoms with Gasteiger partial charge in [0.05, 0.1) is 18.4 Å². The molecule has 0 aliphatic heterocycles.